The number of aromatic nitrogens is 2. The monoisotopic (exact) mass is 267 g/mol. The molecule has 1 aromatic heterocycles. The molecule has 0 saturated carbocycles. The van der Waals surface area contributed by atoms with E-state index in [1.807, 2.05) is 6.92 Å². The van der Waals surface area contributed by atoms with Gasteiger partial charge in [-0.05, 0) is 13.3 Å². The fraction of sp³-hybridized carbons (Fsp3) is 0.615. The SMILES string of the molecule is CCCCCCC(C)NC(=O)c1nc[nH]c1C(=O)O. The highest BCUT2D eigenvalue weighted by Gasteiger charge is 2.20. The van der Waals surface area contributed by atoms with Gasteiger partial charge in [-0.1, -0.05) is 32.6 Å². The zero-order chi connectivity index (χ0) is 14.3. The van der Waals surface area contributed by atoms with Crippen LogP contribution in [0.4, 0.5) is 0 Å². The van der Waals surface area contributed by atoms with Gasteiger partial charge in [-0.2, -0.15) is 0 Å². The molecule has 0 bridgehead atoms. The minimum Gasteiger partial charge on any atom is -0.477 e. The first kappa shape index (κ1) is 15.2. The van der Waals surface area contributed by atoms with E-state index in [1.54, 1.807) is 0 Å². The molecule has 0 radical (unpaired) electrons. The molecule has 19 heavy (non-hydrogen) atoms. The molecule has 6 heteroatoms. The zero-order valence-electron chi connectivity index (χ0n) is 11.4. The number of carboxylic acids is 1. The quantitative estimate of drug-likeness (QED) is 0.629. The molecule has 1 heterocycles. The Kier molecular flexibility index (Phi) is 6.05. The van der Waals surface area contributed by atoms with E-state index in [0.29, 0.717) is 0 Å². The Bertz CT molecular complexity index is 429. The Morgan fingerprint density at radius 2 is 2.16 bits per heavy atom. The van der Waals surface area contributed by atoms with Gasteiger partial charge in [-0.25, -0.2) is 9.78 Å². The van der Waals surface area contributed by atoms with Crippen LogP contribution in [0.25, 0.3) is 0 Å². The van der Waals surface area contributed by atoms with E-state index in [4.69, 9.17) is 5.11 Å². The van der Waals surface area contributed by atoms with Gasteiger partial charge in [0.15, 0.2) is 11.4 Å². The lowest BCUT2D eigenvalue weighted by Gasteiger charge is -2.12. The zero-order valence-corrected chi connectivity index (χ0v) is 11.4. The van der Waals surface area contributed by atoms with Crippen LogP contribution < -0.4 is 5.32 Å². The van der Waals surface area contributed by atoms with E-state index < -0.39 is 11.9 Å². The van der Waals surface area contributed by atoms with Crippen LogP contribution in [0.2, 0.25) is 0 Å². The van der Waals surface area contributed by atoms with Crippen LogP contribution in [0.5, 0.6) is 0 Å². The highest BCUT2D eigenvalue weighted by atomic mass is 16.4. The van der Waals surface area contributed by atoms with Gasteiger partial charge < -0.3 is 15.4 Å². The van der Waals surface area contributed by atoms with Gasteiger partial charge in [0.05, 0.1) is 6.33 Å². The van der Waals surface area contributed by atoms with Crippen molar-refractivity contribution in [3.8, 4) is 0 Å². The lowest BCUT2D eigenvalue weighted by atomic mass is 10.1. The van der Waals surface area contributed by atoms with Crippen molar-refractivity contribution in [2.45, 2.75) is 52.0 Å². The summed E-state index contributed by atoms with van der Waals surface area (Å²) in [7, 11) is 0. The topological polar surface area (TPSA) is 95.1 Å². The van der Waals surface area contributed by atoms with Crippen molar-refractivity contribution in [3.63, 3.8) is 0 Å². The minimum atomic E-state index is -1.18. The molecule has 0 aliphatic rings. The molecule has 1 atom stereocenters. The van der Waals surface area contributed by atoms with Crippen LogP contribution in [-0.4, -0.2) is 33.0 Å². The van der Waals surface area contributed by atoms with E-state index >= 15 is 0 Å². The summed E-state index contributed by atoms with van der Waals surface area (Å²) in [6.07, 6.45) is 6.68. The number of unbranched alkanes of at least 4 members (excludes halogenated alkanes) is 3. The third-order valence-corrected chi connectivity index (χ3v) is 2.94. The molecule has 3 N–H and O–H groups in total. The third-order valence-electron chi connectivity index (χ3n) is 2.94. The fourth-order valence-corrected chi connectivity index (χ4v) is 1.87. The molecule has 106 valence electrons. The van der Waals surface area contributed by atoms with Crippen molar-refractivity contribution in [3.05, 3.63) is 17.7 Å². The van der Waals surface area contributed by atoms with Crippen LogP contribution in [0.15, 0.2) is 6.33 Å². The average molecular weight is 267 g/mol. The summed E-state index contributed by atoms with van der Waals surface area (Å²) >= 11 is 0. The van der Waals surface area contributed by atoms with Gasteiger partial charge in [0, 0.05) is 6.04 Å². The van der Waals surface area contributed by atoms with Gasteiger partial charge in [0.25, 0.3) is 5.91 Å². The first-order chi connectivity index (χ1) is 9.06. The van der Waals surface area contributed by atoms with Crippen molar-refractivity contribution in [1.82, 2.24) is 15.3 Å². The number of nitrogens with zero attached hydrogens (tertiary/aromatic N) is 1. The molecule has 0 aliphatic carbocycles. The molecule has 1 rings (SSSR count). The number of hydrogen-bond acceptors (Lipinski definition) is 3. The maximum atomic E-state index is 11.9. The fourth-order valence-electron chi connectivity index (χ4n) is 1.87. The van der Waals surface area contributed by atoms with Crippen LogP contribution in [0, 0.1) is 0 Å². The standard InChI is InChI=1S/C13H21N3O3/c1-3-4-5-6-7-9(2)16-12(17)10-11(13(18)19)15-8-14-10/h8-9H,3-7H2,1-2H3,(H,14,15)(H,16,17)(H,18,19). The molecule has 0 fully saturated rings. The number of imidazole rings is 1. The lowest BCUT2D eigenvalue weighted by Crippen LogP contribution is -2.33. The Morgan fingerprint density at radius 3 is 2.79 bits per heavy atom. The first-order valence-corrected chi connectivity index (χ1v) is 6.63. The number of nitrogens with one attached hydrogen (secondary N) is 2. The molecule has 1 amide bonds. The second-order valence-corrected chi connectivity index (χ2v) is 4.66. The largest absolute Gasteiger partial charge is 0.477 e. The number of carbonyl (C=O) groups is 2. The molecular formula is C13H21N3O3. The summed E-state index contributed by atoms with van der Waals surface area (Å²) in [5.74, 6) is -1.63. The van der Waals surface area contributed by atoms with E-state index in [2.05, 4.69) is 22.2 Å². The number of carbonyl (C=O) groups excluding carboxylic acids is 1. The van der Waals surface area contributed by atoms with Gasteiger partial charge in [0.2, 0.25) is 0 Å². The Morgan fingerprint density at radius 1 is 1.42 bits per heavy atom. The minimum absolute atomic E-state index is 0.0164. The molecule has 0 saturated heterocycles. The molecule has 0 spiro atoms. The van der Waals surface area contributed by atoms with Crippen LogP contribution in [0.3, 0.4) is 0 Å². The number of H-pyrrole nitrogens is 1. The van der Waals surface area contributed by atoms with Gasteiger partial charge in [-0.3, -0.25) is 4.79 Å². The Hall–Kier alpha value is -1.85. The molecule has 1 aromatic rings. The third kappa shape index (κ3) is 4.73. The van der Waals surface area contributed by atoms with E-state index in [0.717, 1.165) is 19.3 Å². The van der Waals surface area contributed by atoms with E-state index in [1.165, 1.54) is 19.2 Å². The van der Waals surface area contributed by atoms with E-state index in [-0.39, 0.29) is 17.4 Å². The summed E-state index contributed by atoms with van der Waals surface area (Å²) in [4.78, 5) is 28.9. The van der Waals surface area contributed by atoms with Crippen LogP contribution in [0.1, 0.15) is 66.9 Å². The van der Waals surface area contributed by atoms with Crippen molar-refractivity contribution in [1.29, 1.82) is 0 Å². The van der Waals surface area contributed by atoms with Crippen molar-refractivity contribution >= 4 is 11.9 Å². The summed E-state index contributed by atoms with van der Waals surface area (Å²) in [5.41, 5.74) is -0.233. The normalized spacial score (nSPS) is 12.1. The van der Waals surface area contributed by atoms with Crippen molar-refractivity contribution < 1.29 is 14.7 Å². The number of aromatic carboxylic acids is 1. The number of amides is 1. The number of rotatable bonds is 8. The predicted molar refractivity (Wildman–Crippen MR) is 71.2 cm³/mol. The number of carboxylic acid groups (broad SMARTS) is 1. The second-order valence-electron chi connectivity index (χ2n) is 4.66. The average Bonchev–Trinajstić information content (AvgIpc) is 2.84. The second kappa shape index (κ2) is 7.56. The first-order valence-electron chi connectivity index (χ1n) is 6.63. The summed E-state index contributed by atoms with van der Waals surface area (Å²) in [6.45, 7) is 4.06. The smallest absolute Gasteiger partial charge is 0.354 e. The maximum Gasteiger partial charge on any atom is 0.354 e. The molecular weight excluding hydrogens is 246 g/mol. The van der Waals surface area contributed by atoms with Crippen LogP contribution in [-0.2, 0) is 0 Å². The summed E-state index contributed by atoms with van der Waals surface area (Å²) in [5, 5.41) is 11.7. The van der Waals surface area contributed by atoms with Gasteiger partial charge >= 0.3 is 5.97 Å². The molecule has 0 aliphatic heterocycles. The molecule has 0 aromatic carbocycles. The molecule has 6 nitrogen and oxygen atoms in total. The number of aromatic amines is 1. The predicted octanol–water partition coefficient (Wildman–Crippen LogP) is 2.20. The summed E-state index contributed by atoms with van der Waals surface area (Å²) < 4.78 is 0. The van der Waals surface area contributed by atoms with Gasteiger partial charge in [0.1, 0.15) is 0 Å². The lowest BCUT2D eigenvalue weighted by molar-refractivity contribution is 0.0684. The maximum absolute atomic E-state index is 11.9. The Labute approximate surface area is 112 Å². The molecule has 1 unspecified atom stereocenters. The van der Waals surface area contributed by atoms with Gasteiger partial charge in [-0.15, -0.1) is 0 Å². The summed E-state index contributed by atoms with van der Waals surface area (Å²) in [6, 6.07) is 0.0164. The highest BCUT2D eigenvalue weighted by Crippen LogP contribution is 2.07. The van der Waals surface area contributed by atoms with Crippen molar-refractivity contribution in [2.75, 3.05) is 0 Å². The van der Waals surface area contributed by atoms with Crippen molar-refractivity contribution in [2.24, 2.45) is 0 Å². The Balaban J connectivity index is 2.45. The van der Waals surface area contributed by atoms with Crippen LogP contribution >= 0.6 is 0 Å². The highest BCUT2D eigenvalue weighted by molar-refractivity contribution is 6.02. The number of hydrogen-bond donors (Lipinski definition) is 3. The van der Waals surface area contributed by atoms with E-state index in [9.17, 15) is 9.59 Å².